The fourth-order valence-electron chi connectivity index (χ4n) is 10.8. The Labute approximate surface area is 334 Å². The van der Waals surface area contributed by atoms with Gasteiger partial charge in [0.1, 0.15) is 11.6 Å². The van der Waals surface area contributed by atoms with Gasteiger partial charge in [0.2, 0.25) is 9.84 Å². The third kappa shape index (κ3) is 8.78. The maximum absolute atomic E-state index is 15.2. The number of imidazole rings is 1. The van der Waals surface area contributed by atoms with Gasteiger partial charge in [-0.2, -0.15) is 0 Å². The molecule has 4 aromatic rings. The van der Waals surface area contributed by atoms with E-state index in [0.29, 0.717) is 45.8 Å². The predicted octanol–water partition coefficient (Wildman–Crippen LogP) is 10.2. The highest BCUT2D eigenvalue weighted by Gasteiger charge is 2.51. The zero-order valence-corrected chi connectivity index (χ0v) is 34.1. The summed E-state index contributed by atoms with van der Waals surface area (Å²) in [5.74, 6) is 3.49. The number of carbonyl (C=O) groups is 1. The van der Waals surface area contributed by atoms with E-state index in [4.69, 9.17) is 9.72 Å². The molecule has 0 amide bonds. The van der Waals surface area contributed by atoms with E-state index in [1.54, 1.807) is 42.5 Å². The van der Waals surface area contributed by atoms with Crippen molar-refractivity contribution in [2.24, 2.45) is 29.6 Å². The smallest absolute Gasteiger partial charge is 0.305 e. The first-order valence-corrected chi connectivity index (χ1v) is 22.7. The Morgan fingerprint density at radius 1 is 0.857 bits per heavy atom. The second-order valence-electron chi connectivity index (χ2n) is 16.9. The van der Waals surface area contributed by atoms with Crippen molar-refractivity contribution in [3.8, 4) is 0 Å². The van der Waals surface area contributed by atoms with Crippen molar-refractivity contribution < 1.29 is 22.3 Å². The van der Waals surface area contributed by atoms with Gasteiger partial charge in [0.05, 0.1) is 16.9 Å². The molecule has 56 heavy (non-hydrogen) atoms. The number of esters is 1. The molecular formula is C47H60FN3O4S. The summed E-state index contributed by atoms with van der Waals surface area (Å²) in [6, 6.07) is 23.5. The van der Waals surface area contributed by atoms with Crippen molar-refractivity contribution in [1.29, 1.82) is 0 Å². The van der Waals surface area contributed by atoms with Gasteiger partial charge in [0.15, 0.2) is 0 Å². The molecule has 0 unspecified atom stereocenters. The number of benzene rings is 3. The molecule has 0 spiro atoms. The number of halogens is 1. The average Bonchev–Trinajstić information content (AvgIpc) is 3.88. The van der Waals surface area contributed by atoms with Gasteiger partial charge >= 0.3 is 5.97 Å². The minimum absolute atomic E-state index is 0.140. The van der Waals surface area contributed by atoms with Gasteiger partial charge in [-0.3, -0.25) is 4.79 Å². The predicted molar refractivity (Wildman–Crippen MR) is 220 cm³/mol. The van der Waals surface area contributed by atoms with Gasteiger partial charge in [0.25, 0.3) is 0 Å². The van der Waals surface area contributed by atoms with Gasteiger partial charge in [-0.05, 0) is 122 Å². The van der Waals surface area contributed by atoms with Crippen LogP contribution in [-0.4, -0.2) is 44.1 Å². The molecule has 2 aliphatic carbocycles. The van der Waals surface area contributed by atoms with E-state index in [9.17, 15) is 13.2 Å². The molecule has 7 nitrogen and oxygen atoms in total. The van der Waals surface area contributed by atoms with Crippen molar-refractivity contribution in [2.45, 2.75) is 119 Å². The molecule has 3 aromatic carbocycles. The molecule has 300 valence electrons. The number of nitrogens with zero attached hydrogens (tertiary/aromatic N) is 3. The molecule has 0 N–H and O–H groups in total. The second kappa shape index (κ2) is 18.1. The number of aryl methyl sites for hydroxylation is 1. The average molecular weight is 782 g/mol. The minimum Gasteiger partial charge on any atom is -0.469 e. The molecule has 1 aromatic heterocycles. The summed E-state index contributed by atoms with van der Waals surface area (Å²) in [7, 11) is -2.04. The number of hydrogen-bond donors (Lipinski definition) is 0. The zero-order valence-electron chi connectivity index (χ0n) is 33.3. The Morgan fingerprint density at radius 3 is 2.30 bits per heavy atom. The number of aromatic nitrogens is 2. The maximum Gasteiger partial charge on any atom is 0.305 e. The van der Waals surface area contributed by atoms with Gasteiger partial charge in [-0.25, -0.2) is 17.8 Å². The minimum atomic E-state index is -3.51. The molecule has 0 bridgehead atoms. The molecule has 0 radical (unpaired) electrons. The van der Waals surface area contributed by atoms with Crippen LogP contribution in [0.3, 0.4) is 0 Å². The number of sulfone groups is 1. The van der Waals surface area contributed by atoms with Crippen LogP contribution >= 0.6 is 0 Å². The van der Waals surface area contributed by atoms with Crippen LogP contribution in [0.5, 0.6) is 0 Å². The van der Waals surface area contributed by atoms with Crippen LogP contribution in [0.25, 0.3) is 0 Å². The first kappa shape index (κ1) is 40.2. The molecule has 1 saturated heterocycles. The van der Waals surface area contributed by atoms with Crippen LogP contribution in [0.15, 0.2) is 101 Å². The molecule has 9 heteroatoms. The van der Waals surface area contributed by atoms with Crippen molar-refractivity contribution in [2.75, 3.05) is 25.1 Å². The summed E-state index contributed by atoms with van der Waals surface area (Å²) < 4.78 is 48.6. The third-order valence-corrected chi connectivity index (χ3v) is 15.5. The quantitative estimate of drug-likeness (QED) is 0.0993. The molecule has 3 fully saturated rings. The van der Waals surface area contributed by atoms with Crippen molar-refractivity contribution in [1.82, 2.24) is 9.55 Å². The lowest BCUT2D eigenvalue weighted by atomic mass is 9.55. The summed E-state index contributed by atoms with van der Waals surface area (Å²) in [6.07, 6.45) is 19.1. The SMILES string of the molecule is CCc1nccn1C[C@@](c1cccc(F)c1)(C1CCC(CCCC2CN(c3ccc(S(=O)(=O)c4ccccc4)cc3)C2)CC1)[C@H]1CCC[C@@H]1CCCC(=O)OC. The summed E-state index contributed by atoms with van der Waals surface area (Å²) in [5, 5.41) is 0. The Hall–Kier alpha value is -3.98. The number of rotatable bonds is 17. The van der Waals surface area contributed by atoms with Crippen LogP contribution in [0.1, 0.15) is 102 Å². The van der Waals surface area contributed by atoms with Gasteiger partial charge in [0, 0.05) is 56.0 Å². The first-order chi connectivity index (χ1) is 27.2. The summed E-state index contributed by atoms with van der Waals surface area (Å²) in [5.41, 5.74) is 2.01. The second-order valence-corrected chi connectivity index (χ2v) is 18.8. The largest absolute Gasteiger partial charge is 0.469 e. The number of methoxy groups -OCH3 is 1. The topological polar surface area (TPSA) is 81.5 Å². The molecule has 3 aliphatic rings. The molecular weight excluding hydrogens is 722 g/mol. The first-order valence-electron chi connectivity index (χ1n) is 21.2. The van der Waals surface area contributed by atoms with Crippen LogP contribution < -0.4 is 4.90 Å². The number of anilines is 1. The monoisotopic (exact) mass is 781 g/mol. The molecule has 3 atom stereocenters. The van der Waals surface area contributed by atoms with E-state index < -0.39 is 9.84 Å². The van der Waals surface area contributed by atoms with Crippen molar-refractivity contribution >= 4 is 21.5 Å². The molecule has 1 aliphatic heterocycles. The summed E-state index contributed by atoms with van der Waals surface area (Å²) in [6.45, 7) is 5.02. The highest BCUT2D eigenvalue weighted by Crippen LogP contribution is 2.56. The van der Waals surface area contributed by atoms with Crippen LogP contribution in [0, 0.1) is 35.4 Å². The normalized spacial score (nSPS) is 22.7. The van der Waals surface area contributed by atoms with Gasteiger partial charge in [-0.15, -0.1) is 0 Å². The van der Waals surface area contributed by atoms with Gasteiger partial charge < -0.3 is 14.2 Å². The van der Waals surface area contributed by atoms with Crippen LogP contribution in [0.4, 0.5) is 10.1 Å². The van der Waals surface area contributed by atoms with E-state index in [2.05, 4.69) is 28.7 Å². The van der Waals surface area contributed by atoms with E-state index in [0.717, 1.165) is 81.7 Å². The van der Waals surface area contributed by atoms with E-state index in [1.165, 1.54) is 45.6 Å². The Bertz CT molecular complexity index is 1990. The van der Waals surface area contributed by atoms with Crippen LogP contribution in [-0.2, 0) is 37.7 Å². The van der Waals surface area contributed by atoms with Crippen molar-refractivity contribution in [3.63, 3.8) is 0 Å². The Balaban J connectivity index is 0.984. The lowest BCUT2D eigenvalue weighted by Crippen LogP contribution is -2.49. The van der Waals surface area contributed by atoms with Crippen molar-refractivity contribution in [3.05, 3.63) is 108 Å². The third-order valence-electron chi connectivity index (χ3n) is 13.7. The van der Waals surface area contributed by atoms with E-state index in [1.807, 2.05) is 36.5 Å². The van der Waals surface area contributed by atoms with Gasteiger partial charge in [-0.1, -0.05) is 75.8 Å². The lowest BCUT2D eigenvalue weighted by Gasteiger charge is -2.51. The molecule has 7 rings (SSSR count). The van der Waals surface area contributed by atoms with Crippen LogP contribution in [0.2, 0.25) is 0 Å². The number of ether oxygens (including phenoxy) is 1. The Morgan fingerprint density at radius 2 is 1.59 bits per heavy atom. The summed E-state index contributed by atoms with van der Waals surface area (Å²) in [4.78, 5) is 19.8. The number of carbonyl (C=O) groups excluding carboxylic acids is 1. The standard InChI is InChI=1S/C47H60FN3O4S/c1-3-45-49-29-30-50(45)34-47(39-15-10-16-40(48)31-39,44-19-8-13-37(44)14-9-20-46(52)55-2)38-23-21-35(22-24-38)11-7-12-36-32-51(33-36)41-25-27-43(28-26-41)56(53,54)42-17-5-4-6-18-42/h4-6,10,15-18,25-31,35-38,44H,3,7-9,11-14,19-24,32-34H2,1-2H3/t35?,37-,38?,44+,47+/m1/s1. The highest BCUT2D eigenvalue weighted by molar-refractivity contribution is 7.91. The zero-order chi connectivity index (χ0) is 39.1. The highest BCUT2D eigenvalue weighted by atomic mass is 32.2. The fourth-order valence-corrected chi connectivity index (χ4v) is 12.1. The fraction of sp³-hybridized carbons (Fsp3) is 0.532. The number of hydrogen-bond acceptors (Lipinski definition) is 6. The molecule has 2 heterocycles. The maximum atomic E-state index is 15.2. The Kier molecular flexibility index (Phi) is 13.0. The lowest BCUT2D eigenvalue weighted by molar-refractivity contribution is -0.140. The van der Waals surface area contributed by atoms with E-state index >= 15 is 4.39 Å². The molecule has 2 saturated carbocycles. The van der Waals surface area contributed by atoms with E-state index in [-0.39, 0.29) is 17.2 Å². The summed E-state index contributed by atoms with van der Waals surface area (Å²) >= 11 is 0.